The van der Waals surface area contributed by atoms with E-state index >= 15 is 0 Å². The van der Waals surface area contributed by atoms with Gasteiger partial charge in [0.25, 0.3) is 11.5 Å². The van der Waals surface area contributed by atoms with Crippen LogP contribution in [0.15, 0.2) is 99.3 Å². The van der Waals surface area contributed by atoms with Crippen molar-refractivity contribution in [3.05, 3.63) is 121 Å². The third kappa shape index (κ3) is 7.07. The summed E-state index contributed by atoms with van der Waals surface area (Å²) in [5, 5.41) is 7.99. The molecule has 218 valence electrons. The van der Waals surface area contributed by atoms with E-state index in [2.05, 4.69) is 31.3 Å². The molecule has 0 saturated carbocycles. The number of halogens is 6. The third-order valence-electron chi connectivity index (χ3n) is 6.03. The van der Waals surface area contributed by atoms with Crippen LogP contribution in [-0.4, -0.2) is 28.4 Å². The molecule has 0 fully saturated rings. The van der Waals surface area contributed by atoms with Gasteiger partial charge in [0.05, 0.1) is 27.2 Å². The van der Waals surface area contributed by atoms with Gasteiger partial charge >= 0.3 is 6.18 Å². The maximum absolute atomic E-state index is 13.5. The standard InChI is InChI=1S/C30H18BrCl2F3N4O3/c31-24-14-21(33)13-18(27(24)43-16-26(41)38-22-10-8-20(32)9-11-22)15-37-40-28(17-4-3-5-19(12-17)30(34,35)36)39-25-7-2-1-6-23(25)29(40)42/h1-15H,16H2,(H,38,41). The molecule has 1 amide bonds. The smallest absolute Gasteiger partial charge is 0.416 e. The Hall–Kier alpha value is -4.19. The number of amides is 1. The Morgan fingerprint density at radius 3 is 2.49 bits per heavy atom. The van der Waals surface area contributed by atoms with Crippen molar-refractivity contribution < 1.29 is 22.7 Å². The largest absolute Gasteiger partial charge is 0.482 e. The maximum Gasteiger partial charge on any atom is 0.416 e. The molecule has 0 bridgehead atoms. The van der Waals surface area contributed by atoms with Crippen LogP contribution in [-0.2, 0) is 11.0 Å². The van der Waals surface area contributed by atoms with Crippen LogP contribution in [0.25, 0.3) is 22.3 Å². The highest BCUT2D eigenvalue weighted by Crippen LogP contribution is 2.33. The van der Waals surface area contributed by atoms with Gasteiger partial charge in [-0.05, 0) is 76.6 Å². The molecule has 0 aliphatic carbocycles. The van der Waals surface area contributed by atoms with Crippen molar-refractivity contribution in [3.8, 4) is 17.1 Å². The van der Waals surface area contributed by atoms with E-state index in [9.17, 15) is 22.8 Å². The second-order valence-electron chi connectivity index (χ2n) is 9.04. The minimum atomic E-state index is -4.61. The van der Waals surface area contributed by atoms with Crippen molar-refractivity contribution in [2.75, 3.05) is 11.9 Å². The Balaban J connectivity index is 1.53. The maximum atomic E-state index is 13.5. The summed E-state index contributed by atoms with van der Waals surface area (Å²) in [5.74, 6) is -0.396. The van der Waals surface area contributed by atoms with Crippen molar-refractivity contribution in [2.24, 2.45) is 5.10 Å². The first kappa shape index (κ1) is 30.3. The number of fused-ring (bicyclic) bond motifs is 1. The lowest BCUT2D eigenvalue weighted by molar-refractivity contribution is -0.137. The number of para-hydroxylation sites is 1. The summed E-state index contributed by atoms with van der Waals surface area (Å²) >= 11 is 15.5. The molecule has 1 aromatic heterocycles. The molecule has 5 rings (SSSR count). The first-order chi connectivity index (χ1) is 20.5. The van der Waals surface area contributed by atoms with Crippen LogP contribution in [0.1, 0.15) is 11.1 Å². The molecular formula is C30H18BrCl2F3N4O3. The van der Waals surface area contributed by atoms with Gasteiger partial charge in [-0.3, -0.25) is 9.59 Å². The number of carbonyl (C=O) groups is 1. The van der Waals surface area contributed by atoms with E-state index in [4.69, 9.17) is 27.9 Å². The van der Waals surface area contributed by atoms with Gasteiger partial charge in [-0.25, -0.2) is 4.98 Å². The number of hydrogen-bond acceptors (Lipinski definition) is 5. The summed E-state index contributed by atoms with van der Waals surface area (Å²) < 4.78 is 47.5. The molecule has 0 saturated heterocycles. The summed E-state index contributed by atoms with van der Waals surface area (Å²) in [6.07, 6.45) is -3.36. The lowest BCUT2D eigenvalue weighted by atomic mass is 10.1. The third-order valence-corrected chi connectivity index (χ3v) is 7.09. The topological polar surface area (TPSA) is 85.6 Å². The zero-order chi connectivity index (χ0) is 30.7. The SMILES string of the molecule is O=C(COc1c(Br)cc(Cl)cc1C=Nn1c(-c2cccc(C(F)(F)F)c2)nc2ccccc2c1=O)Nc1ccc(Cl)cc1. The van der Waals surface area contributed by atoms with Crippen LogP contribution >= 0.6 is 39.1 Å². The van der Waals surface area contributed by atoms with Crippen molar-refractivity contribution >= 4 is 67.8 Å². The molecule has 1 N–H and O–H groups in total. The van der Waals surface area contributed by atoms with Gasteiger partial charge in [0.1, 0.15) is 5.75 Å². The Bertz CT molecular complexity index is 1930. The van der Waals surface area contributed by atoms with Gasteiger partial charge in [-0.1, -0.05) is 47.5 Å². The Morgan fingerprint density at radius 1 is 1.00 bits per heavy atom. The fourth-order valence-electron chi connectivity index (χ4n) is 4.07. The molecule has 0 spiro atoms. The molecule has 0 aliphatic rings. The fourth-order valence-corrected chi connectivity index (χ4v) is 5.14. The molecular weight excluding hydrogens is 672 g/mol. The van der Waals surface area contributed by atoms with Gasteiger partial charge in [0.15, 0.2) is 12.4 Å². The summed E-state index contributed by atoms with van der Waals surface area (Å²) in [4.78, 5) is 30.5. The van der Waals surface area contributed by atoms with Gasteiger partial charge in [0.2, 0.25) is 0 Å². The number of nitrogens with zero attached hydrogens (tertiary/aromatic N) is 3. The number of rotatable bonds is 7. The molecule has 0 aliphatic heterocycles. The van der Waals surface area contributed by atoms with E-state index < -0.39 is 29.8 Å². The Morgan fingerprint density at radius 2 is 1.74 bits per heavy atom. The molecule has 4 aromatic carbocycles. The first-order valence-electron chi connectivity index (χ1n) is 12.4. The van der Waals surface area contributed by atoms with Crippen LogP contribution in [0.5, 0.6) is 5.75 Å². The number of ether oxygens (including phenoxy) is 1. The van der Waals surface area contributed by atoms with Gasteiger partial charge in [-0.15, -0.1) is 0 Å². The van der Waals surface area contributed by atoms with Crippen molar-refractivity contribution in [2.45, 2.75) is 6.18 Å². The zero-order valence-corrected chi connectivity index (χ0v) is 24.8. The molecule has 1 heterocycles. The van der Waals surface area contributed by atoms with Crippen LogP contribution in [0.3, 0.4) is 0 Å². The highest BCUT2D eigenvalue weighted by Gasteiger charge is 2.31. The zero-order valence-electron chi connectivity index (χ0n) is 21.7. The van der Waals surface area contributed by atoms with E-state index in [-0.39, 0.29) is 38.6 Å². The van der Waals surface area contributed by atoms with Crippen LogP contribution < -0.4 is 15.6 Å². The fraction of sp³-hybridized carbons (Fsp3) is 0.0667. The van der Waals surface area contributed by atoms with E-state index in [0.29, 0.717) is 15.2 Å². The van der Waals surface area contributed by atoms with Gasteiger partial charge < -0.3 is 10.1 Å². The molecule has 0 unspecified atom stereocenters. The molecule has 0 radical (unpaired) electrons. The van der Waals surface area contributed by atoms with Crippen LogP contribution in [0, 0.1) is 0 Å². The van der Waals surface area contributed by atoms with Crippen molar-refractivity contribution in [3.63, 3.8) is 0 Å². The quantitative estimate of drug-likeness (QED) is 0.175. The highest BCUT2D eigenvalue weighted by atomic mass is 79.9. The molecule has 43 heavy (non-hydrogen) atoms. The summed E-state index contributed by atoms with van der Waals surface area (Å²) in [7, 11) is 0. The Kier molecular flexibility index (Phi) is 8.86. The second kappa shape index (κ2) is 12.6. The summed E-state index contributed by atoms with van der Waals surface area (Å²) in [5.41, 5.74) is -0.423. The number of nitrogens with one attached hydrogen (secondary N) is 1. The predicted molar refractivity (Wildman–Crippen MR) is 164 cm³/mol. The van der Waals surface area contributed by atoms with Crippen LogP contribution in [0.2, 0.25) is 10.0 Å². The minimum absolute atomic E-state index is 0.0254. The first-order valence-corrected chi connectivity index (χ1v) is 14.0. The normalized spacial score (nSPS) is 11.7. The monoisotopic (exact) mass is 688 g/mol. The molecule has 0 atom stereocenters. The predicted octanol–water partition coefficient (Wildman–Crippen LogP) is 8.05. The summed E-state index contributed by atoms with van der Waals surface area (Å²) in [6.45, 7) is -0.392. The number of alkyl halides is 3. The molecule has 5 aromatic rings. The van der Waals surface area contributed by atoms with E-state index in [0.717, 1.165) is 16.8 Å². The van der Waals surface area contributed by atoms with Gasteiger partial charge in [-0.2, -0.15) is 22.9 Å². The average molecular weight is 690 g/mol. The minimum Gasteiger partial charge on any atom is -0.482 e. The summed E-state index contributed by atoms with van der Waals surface area (Å²) in [6, 6.07) is 20.4. The highest BCUT2D eigenvalue weighted by molar-refractivity contribution is 9.10. The van der Waals surface area contributed by atoms with Crippen molar-refractivity contribution in [1.29, 1.82) is 0 Å². The lowest BCUT2D eigenvalue weighted by Gasteiger charge is -2.13. The van der Waals surface area contributed by atoms with E-state index in [1.165, 1.54) is 30.5 Å². The Labute approximate surface area is 260 Å². The van der Waals surface area contributed by atoms with Crippen molar-refractivity contribution in [1.82, 2.24) is 9.66 Å². The molecule has 13 heteroatoms. The van der Waals surface area contributed by atoms with E-state index in [1.54, 1.807) is 48.5 Å². The van der Waals surface area contributed by atoms with Crippen LogP contribution in [0.4, 0.5) is 18.9 Å². The molecule has 7 nitrogen and oxygen atoms in total. The average Bonchev–Trinajstić information content (AvgIpc) is 2.97. The second-order valence-corrected chi connectivity index (χ2v) is 10.8. The number of carbonyl (C=O) groups excluding carboxylic acids is 1. The lowest BCUT2D eigenvalue weighted by Crippen LogP contribution is -2.21. The van der Waals surface area contributed by atoms with E-state index in [1.807, 2.05) is 0 Å². The van der Waals surface area contributed by atoms with Gasteiger partial charge in [0, 0.05) is 26.9 Å². The number of benzene rings is 4. The number of aromatic nitrogens is 2. The number of anilines is 1. The number of hydrogen-bond donors (Lipinski definition) is 1.